The van der Waals surface area contributed by atoms with Crippen LogP contribution in [0.3, 0.4) is 0 Å². The predicted molar refractivity (Wildman–Crippen MR) is 113 cm³/mol. The average Bonchev–Trinajstić information content (AvgIpc) is 3.25. The Morgan fingerprint density at radius 2 is 2.03 bits per heavy atom. The molecule has 30 heavy (non-hydrogen) atoms. The molecule has 1 fully saturated rings. The first-order valence-corrected chi connectivity index (χ1v) is 10.5. The van der Waals surface area contributed by atoms with E-state index in [1.807, 2.05) is 12.1 Å². The van der Waals surface area contributed by atoms with E-state index in [0.717, 1.165) is 38.0 Å². The highest BCUT2D eigenvalue weighted by Crippen LogP contribution is 2.17. The van der Waals surface area contributed by atoms with Gasteiger partial charge in [-0.05, 0) is 43.0 Å². The number of carbonyl (C=O) groups is 1. The van der Waals surface area contributed by atoms with Crippen LogP contribution in [0.25, 0.3) is 11.4 Å². The van der Waals surface area contributed by atoms with Crippen molar-refractivity contribution in [1.29, 1.82) is 0 Å². The largest absolute Gasteiger partial charge is 0.353 e. The summed E-state index contributed by atoms with van der Waals surface area (Å²) < 4.78 is 5.26. The van der Waals surface area contributed by atoms with Gasteiger partial charge in [0.25, 0.3) is 0 Å². The van der Waals surface area contributed by atoms with Crippen molar-refractivity contribution >= 4 is 5.91 Å². The van der Waals surface area contributed by atoms with Crippen LogP contribution in [0.2, 0.25) is 0 Å². The van der Waals surface area contributed by atoms with Crippen LogP contribution in [-0.2, 0) is 17.8 Å². The van der Waals surface area contributed by atoms with E-state index in [1.54, 1.807) is 12.4 Å². The number of hydrogen-bond acceptors (Lipinski definition) is 6. The number of benzene rings is 1. The highest BCUT2D eigenvalue weighted by atomic mass is 16.5. The second-order valence-electron chi connectivity index (χ2n) is 7.80. The van der Waals surface area contributed by atoms with Crippen molar-refractivity contribution in [3.8, 4) is 11.4 Å². The fraction of sp³-hybridized carbons (Fsp3) is 0.391. The Hall–Kier alpha value is -3.06. The maximum atomic E-state index is 12.4. The van der Waals surface area contributed by atoms with Gasteiger partial charge in [0.15, 0.2) is 0 Å². The monoisotopic (exact) mass is 405 g/mol. The van der Waals surface area contributed by atoms with Crippen LogP contribution in [0.1, 0.15) is 36.3 Å². The van der Waals surface area contributed by atoms with Crippen molar-refractivity contribution in [2.45, 2.75) is 45.2 Å². The number of nitrogens with one attached hydrogen (secondary N) is 1. The third-order valence-corrected chi connectivity index (χ3v) is 5.56. The van der Waals surface area contributed by atoms with E-state index in [0.29, 0.717) is 24.6 Å². The molecule has 0 bridgehead atoms. The fourth-order valence-electron chi connectivity index (χ4n) is 3.75. The van der Waals surface area contributed by atoms with Crippen molar-refractivity contribution in [2.75, 3.05) is 13.1 Å². The lowest BCUT2D eigenvalue weighted by Gasteiger charge is -2.32. The molecule has 0 saturated carbocycles. The number of pyridine rings is 1. The summed E-state index contributed by atoms with van der Waals surface area (Å²) in [7, 11) is 0. The Morgan fingerprint density at radius 3 is 2.80 bits per heavy atom. The Bertz CT molecular complexity index is 964. The van der Waals surface area contributed by atoms with E-state index < -0.39 is 0 Å². The minimum absolute atomic E-state index is 0.0356. The van der Waals surface area contributed by atoms with Crippen molar-refractivity contribution in [3.63, 3.8) is 0 Å². The summed E-state index contributed by atoms with van der Waals surface area (Å²) in [6, 6.07) is 12.5. The van der Waals surface area contributed by atoms with Crippen molar-refractivity contribution in [3.05, 3.63) is 65.8 Å². The zero-order chi connectivity index (χ0) is 20.8. The molecule has 0 atom stereocenters. The van der Waals surface area contributed by atoms with Gasteiger partial charge in [0.2, 0.25) is 17.6 Å². The average molecular weight is 406 g/mol. The number of aryl methyl sites for hydroxylation is 2. The molecule has 1 aliphatic rings. The van der Waals surface area contributed by atoms with E-state index >= 15 is 0 Å². The number of rotatable bonds is 7. The fourth-order valence-corrected chi connectivity index (χ4v) is 3.75. The Morgan fingerprint density at radius 1 is 1.20 bits per heavy atom. The first-order valence-electron chi connectivity index (χ1n) is 10.5. The number of carbonyl (C=O) groups excluding carboxylic acids is 1. The molecule has 1 amide bonds. The van der Waals surface area contributed by atoms with Gasteiger partial charge in [-0.15, -0.1) is 0 Å². The first-order chi connectivity index (χ1) is 14.7. The van der Waals surface area contributed by atoms with E-state index in [9.17, 15) is 4.79 Å². The lowest BCUT2D eigenvalue weighted by atomic mass is 10.0. The van der Waals surface area contributed by atoms with Crippen LogP contribution in [-0.4, -0.2) is 45.1 Å². The molecular formula is C23H27N5O2. The van der Waals surface area contributed by atoms with E-state index in [-0.39, 0.29) is 11.9 Å². The third kappa shape index (κ3) is 5.30. The summed E-state index contributed by atoms with van der Waals surface area (Å²) in [5.74, 6) is 1.00. The summed E-state index contributed by atoms with van der Waals surface area (Å²) >= 11 is 0. The molecule has 3 heterocycles. The van der Waals surface area contributed by atoms with Crippen molar-refractivity contribution < 1.29 is 9.32 Å². The highest BCUT2D eigenvalue weighted by Gasteiger charge is 2.21. The van der Waals surface area contributed by atoms with Crippen molar-refractivity contribution in [2.24, 2.45) is 0 Å². The summed E-state index contributed by atoms with van der Waals surface area (Å²) in [6.07, 6.45) is 6.12. The molecule has 0 radical (unpaired) electrons. The molecular weight excluding hydrogens is 378 g/mol. The van der Waals surface area contributed by atoms with Gasteiger partial charge in [0.1, 0.15) is 0 Å². The number of amides is 1. The zero-order valence-electron chi connectivity index (χ0n) is 17.3. The molecule has 4 rings (SSSR count). The smallest absolute Gasteiger partial charge is 0.227 e. The highest BCUT2D eigenvalue weighted by molar-refractivity contribution is 5.76. The van der Waals surface area contributed by atoms with Gasteiger partial charge in [0.05, 0.1) is 0 Å². The van der Waals surface area contributed by atoms with Gasteiger partial charge < -0.3 is 9.84 Å². The molecule has 2 aromatic heterocycles. The molecule has 0 unspecified atom stereocenters. The van der Waals surface area contributed by atoms with Gasteiger partial charge in [-0.1, -0.05) is 29.4 Å². The third-order valence-electron chi connectivity index (χ3n) is 5.56. The van der Waals surface area contributed by atoms with Crippen LogP contribution in [0, 0.1) is 6.92 Å². The molecule has 3 aromatic rings. The van der Waals surface area contributed by atoms with E-state index in [1.165, 1.54) is 11.1 Å². The Balaban J connectivity index is 1.19. The molecule has 156 valence electrons. The molecule has 1 aromatic carbocycles. The minimum Gasteiger partial charge on any atom is -0.353 e. The molecule has 0 spiro atoms. The minimum atomic E-state index is 0.0356. The van der Waals surface area contributed by atoms with Crippen LogP contribution < -0.4 is 5.32 Å². The van der Waals surface area contributed by atoms with Crippen molar-refractivity contribution in [1.82, 2.24) is 25.3 Å². The number of piperidine rings is 1. The second kappa shape index (κ2) is 9.63. The Labute approximate surface area is 176 Å². The van der Waals surface area contributed by atoms with Gasteiger partial charge in [-0.2, -0.15) is 4.98 Å². The summed E-state index contributed by atoms with van der Waals surface area (Å²) in [6.45, 7) is 5.13. The summed E-state index contributed by atoms with van der Waals surface area (Å²) in [5, 5.41) is 7.12. The molecule has 1 N–H and O–H groups in total. The standard InChI is InChI=1S/C23H27N5O2/c1-17-5-2-3-6-19(17)16-28-13-10-20(11-14-28)25-21(29)8-9-22-26-23(27-30-22)18-7-4-12-24-15-18/h2-7,12,15,20H,8-11,13-14,16H2,1H3,(H,25,29). The van der Waals surface area contributed by atoms with Crippen LogP contribution >= 0.6 is 0 Å². The van der Waals surface area contributed by atoms with Gasteiger partial charge in [0, 0.05) is 56.5 Å². The normalized spacial score (nSPS) is 15.2. The quantitative estimate of drug-likeness (QED) is 0.650. The second-order valence-corrected chi connectivity index (χ2v) is 7.80. The Kier molecular flexibility index (Phi) is 6.49. The summed E-state index contributed by atoms with van der Waals surface area (Å²) in [5.41, 5.74) is 3.51. The SMILES string of the molecule is Cc1ccccc1CN1CCC(NC(=O)CCc2nc(-c3cccnc3)no2)CC1. The van der Waals surface area contributed by atoms with Gasteiger partial charge in [-0.3, -0.25) is 14.7 Å². The maximum absolute atomic E-state index is 12.4. The van der Waals surface area contributed by atoms with Crippen LogP contribution in [0.4, 0.5) is 0 Å². The van der Waals surface area contributed by atoms with E-state index in [2.05, 4.69) is 56.5 Å². The van der Waals surface area contributed by atoms with Gasteiger partial charge >= 0.3 is 0 Å². The maximum Gasteiger partial charge on any atom is 0.227 e. The lowest BCUT2D eigenvalue weighted by Crippen LogP contribution is -2.44. The first kappa shape index (κ1) is 20.2. The number of likely N-dealkylation sites (tertiary alicyclic amines) is 1. The number of nitrogens with zero attached hydrogens (tertiary/aromatic N) is 4. The molecule has 0 aliphatic carbocycles. The molecule has 7 heteroatoms. The van der Waals surface area contributed by atoms with E-state index in [4.69, 9.17) is 4.52 Å². The summed E-state index contributed by atoms with van der Waals surface area (Å²) in [4.78, 5) is 23.2. The lowest BCUT2D eigenvalue weighted by molar-refractivity contribution is -0.122. The predicted octanol–water partition coefficient (Wildman–Crippen LogP) is 3.15. The van der Waals surface area contributed by atoms with Crippen LogP contribution in [0.15, 0.2) is 53.3 Å². The zero-order valence-corrected chi connectivity index (χ0v) is 17.3. The molecule has 1 saturated heterocycles. The topological polar surface area (TPSA) is 84.2 Å². The molecule has 1 aliphatic heterocycles. The molecule has 7 nitrogen and oxygen atoms in total. The van der Waals surface area contributed by atoms with Gasteiger partial charge in [-0.25, -0.2) is 0 Å². The number of hydrogen-bond donors (Lipinski definition) is 1. The van der Waals surface area contributed by atoms with Crippen LogP contribution in [0.5, 0.6) is 0 Å². The number of aromatic nitrogens is 3.